The molecule has 0 spiro atoms. The van der Waals surface area contributed by atoms with E-state index in [1.165, 1.54) is 0 Å². The second kappa shape index (κ2) is 7.43. The van der Waals surface area contributed by atoms with Gasteiger partial charge in [0.05, 0.1) is 0 Å². The van der Waals surface area contributed by atoms with E-state index in [1.54, 1.807) is 30.3 Å². The lowest BCUT2D eigenvalue weighted by atomic mass is 10.0. The standard InChI is InChI=1S/C19H22N2O3/c1-2-3-4-8-17(22)14-6-5-7-15(11-14)20-19(23)16-12-18(24-21-16)13-9-10-13/h5-7,11-13H,2-4,8-10H2,1H3,(H,20,23). The topological polar surface area (TPSA) is 72.2 Å². The molecule has 1 aliphatic rings. The Kier molecular flexibility index (Phi) is 5.08. The SMILES string of the molecule is CCCCCC(=O)c1cccc(NC(=O)c2cc(C3CC3)on2)c1. The first-order valence-corrected chi connectivity index (χ1v) is 8.58. The number of carbonyl (C=O) groups excluding carboxylic acids is 2. The van der Waals surface area contributed by atoms with Crippen LogP contribution in [0.15, 0.2) is 34.9 Å². The minimum Gasteiger partial charge on any atom is -0.360 e. The lowest BCUT2D eigenvalue weighted by Gasteiger charge is -2.06. The van der Waals surface area contributed by atoms with Crippen LogP contribution in [0.1, 0.15) is 78.0 Å². The van der Waals surface area contributed by atoms with Gasteiger partial charge in [-0.05, 0) is 31.4 Å². The van der Waals surface area contributed by atoms with Gasteiger partial charge in [-0.25, -0.2) is 0 Å². The largest absolute Gasteiger partial charge is 0.360 e. The number of amides is 1. The van der Waals surface area contributed by atoms with E-state index in [2.05, 4.69) is 17.4 Å². The van der Waals surface area contributed by atoms with Crippen molar-refractivity contribution >= 4 is 17.4 Å². The van der Waals surface area contributed by atoms with E-state index in [1.807, 2.05) is 0 Å². The minimum absolute atomic E-state index is 0.108. The van der Waals surface area contributed by atoms with E-state index in [0.29, 0.717) is 23.6 Å². The third-order valence-electron chi connectivity index (χ3n) is 4.19. The summed E-state index contributed by atoms with van der Waals surface area (Å²) >= 11 is 0. The number of hydrogen-bond donors (Lipinski definition) is 1. The normalized spacial score (nSPS) is 13.7. The number of unbranched alkanes of at least 4 members (excludes halogenated alkanes) is 2. The summed E-state index contributed by atoms with van der Waals surface area (Å²) in [6.07, 6.45) is 5.77. The maximum absolute atomic E-state index is 12.2. The number of Topliss-reactive ketones (excluding diaryl/α,β-unsaturated/α-hetero) is 1. The van der Waals surface area contributed by atoms with Gasteiger partial charge in [0.2, 0.25) is 0 Å². The van der Waals surface area contributed by atoms with Crippen molar-refractivity contribution in [2.24, 2.45) is 0 Å². The molecule has 1 N–H and O–H groups in total. The van der Waals surface area contributed by atoms with Crippen molar-refractivity contribution in [2.75, 3.05) is 5.32 Å². The third kappa shape index (κ3) is 4.10. The molecule has 2 aromatic rings. The molecule has 1 aliphatic carbocycles. The highest BCUT2D eigenvalue weighted by Crippen LogP contribution is 2.40. The zero-order chi connectivity index (χ0) is 16.9. The maximum atomic E-state index is 12.2. The molecule has 126 valence electrons. The Morgan fingerprint density at radius 1 is 1.25 bits per heavy atom. The zero-order valence-electron chi connectivity index (χ0n) is 13.9. The summed E-state index contributed by atoms with van der Waals surface area (Å²) in [5.41, 5.74) is 1.50. The number of ketones is 1. The van der Waals surface area contributed by atoms with Crippen molar-refractivity contribution in [2.45, 2.75) is 51.4 Å². The average Bonchev–Trinajstić information content (AvgIpc) is 3.32. The molecule has 1 saturated carbocycles. The number of nitrogens with zero attached hydrogens (tertiary/aromatic N) is 1. The number of nitrogens with one attached hydrogen (secondary N) is 1. The molecule has 0 aliphatic heterocycles. The molecule has 1 aromatic heterocycles. The van der Waals surface area contributed by atoms with E-state index >= 15 is 0 Å². The molecule has 0 saturated heterocycles. The molecule has 5 heteroatoms. The highest BCUT2D eigenvalue weighted by atomic mass is 16.5. The van der Waals surface area contributed by atoms with Crippen LogP contribution < -0.4 is 5.32 Å². The molecular formula is C19H22N2O3. The summed E-state index contributed by atoms with van der Waals surface area (Å²) in [4.78, 5) is 24.4. The van der Waals surface area contributed by atoms with Crippen molar-refractivity contribution in [3.63, 3.8) is 0 Å². The van der Waals surface area contributed by atoms with Crippen molar-refractivity contribution in [1.29, 1.82) is 0 Å². The highest BCUT2D eigenvalue weighted by molar-refractivity contribution is 6.04. The van der Waals surface area contributed by atoms with Gasteiger partial charge in [-0.15, -0.1) is 0 Å². The average molecular weight is 326 g/mol. The Morgan fingerprint density at radius 3 is 2.83 bits per heavy atom. The van der Waals surface area contributed by atoms with Gasteiger partial charge in [-0.1, -0.05) is 37.1 Å². The second-order valence-electron chi connectivity index (χ2n) is 6.30. The Morgan fingerprint density at radius 2 is 2.08 bits per heavy atom. The monoisotopic (exact) mass is 326 g/mol. The first-order chi connectivity index (χ1) is 11.7. The molecule has 1 fully saturated rings. The van der Waals surface area contributed by atoms with E-state index in [9.17, 15) is 9.59 Å². The number of rotatable bonds is 8. The number of anilines is 1. The Bertz CT molecular complexity index is 732. The van der Waals surface area contributed by atoms with E-state index in [-0.39, 0.29) is 17.4 Å². The number of hydrogen-bond acceptors (Lipinski definition) is 4. The molecule has 0 bridgehead atoms. The summed E-state index contributed by atoms with van der Waals surface area (Å²) in [6, 6.07) is 8.75. The van der Waals surface area contributed by atoms with Crippen molar-refractivity contribution in [3.05, 3.63) is 47.3 Å². The van der Waals surface area contributed by atoms with E-state index in [0.717, 1.165) is 37.9 Å². The van der Waals surface area contributed by atoms with Crippen LogP contribution in [0.3, 0.4) is 0 Å². The molecule has 3 rings (SSSR count). The van der Waals surface area contributed by atoms with E-state index < -0.39 is 0 Å². The Labute approximate surface area is 141 Å². The fourth-order valence-electron chi connectivity index (χ4n) is 2.60. The molecule has 5 nitrogen and oxygen atoms in total. The molecule has 0 unspecified atom stereocenters. The van der Waals surface area contributed by atoms with Gasteiger partial charge in [0.15, 0.2) is 11.5 Å². The van der Waals surface area contributed by atoms with Crippen LogP contribution in [-0.2, 0) is 0 Å². The van der Waals surface area contributed by atoms with E-state index in [4.69, 9.17) is 4.52 Å². The van der Waals surface area contributed by atoms with Gasteiger partial charge in [-0.3, -0.25) is 9.59 Å². The van der Waals surface area contributed by atoms with Crippen LogP contribution in [0.25, 0.3) is 0 Å². The summed E-state index contributed by atoms with van der Waals surface area (Å²) in [6.45, 7) is 2.11. The van der Waals surface area contributed by atoms with Crippen molar-refractivity contribution in [3.8, 4) is 0 Å². The second-order valence-corrected chi connectivity index (χ2v) is 6.30. The first kappa shape index (κ1) is 16.4. The van der Waals surface area contributed by atoms with Crippen LogP contribution in [0.2, 0.25) is 0 Å². The van der Waals surface area contributed by atoms with Crippen LogP contribution >= 0.6 is 0 Å². The Balaban J connectivity index is 1.62. The van der Waals surface area contributed by atoms with Gasteiger partial charge < -0.3 is 9.84 Å². The van der Waals surface area contributed by atoms with Gasteiger partial charge in [-0.2, -0.15) is 0 Å². The molecular weight excluding hydrogens is 304 g/mol. The zero-order valence-corrected chi connectivity index (χ0v) is 13.9. The molecule has 0 radical (unpaired) electrons. The van der Waals surface area contributed by atoms with Crippen LogP contribution in [-0.4, -0.2) is 16.8 Å². The number of benzene rings is 1. The minimum atomic E-state index is -0.318. The highest BCUT2D eigenvalue weighted by Gasteiger charge is 2.28. The van der Waals surface area contributed by atoms with Crippen LogP contribution in [0.5, 0.6) is 0 Å². The first-order valence-electron chi connectivity index (χ1n) is 8.58. The summed E-state index contributed by atoms with van der Waals surface area (Å²) in [5, 5.41) is 6.61. The quantitative estimate of drug-likeness (QED) is 0.570. The van der Waals surface area contributed by atoms with Crippen molar-refractivity contribution in [1.82, 2.24) is 5.16 Å². The van der Waals surface area contributed by atoms with Gasteiger partial charge in [0, 0.05) is 29.7 Å². The van der Waals surface area contributed by atoms with Crippen LogP contribution in [0.4, 0.5) is 5.69 Å². The summed E-state index contributed by atoms with van der Waals surface area (Å²) < 4.78 is 5.20. The molecule has 0 atom stereocenters. The van der Waals surface area contributed by atoms with Gasteiger partial charge >= 0.3 is 0 Å². The third-order valence-corrected chi connectivity index (χ3v) is 4.19. The smallest absolute Gasteiger partial charge is 0.277 e. The van der Waals surface area contributed by atoms with Crippen molar-refractivity contribution < 1.29 is 14.1 Å². The molecule has 24 heavy (non-hydrogen) atoms. The molecule has 1 amide bonds. The Hall–Kier alpha value is -2.43. The lowest BCUT2D eigenvalue weighted by Crippen LogP contribution is -2.12. The number of carbonyl (C=O) groups is 2. The summed E-state index contributed by atoms with van der Waals surface area (Å²) in [7, 11) is 0. The predicted molar refractivity (Wildman–Crippen MR) is 91.3 cm³/mol. The molecule has 1 aromatic carbocycles. The maximum Gasteiger partial charge on any atom is 0.277 e. The van der Waals surface area contributed by atoms with Gasteiger partial charge in [0.1, 0.15) is 5.76 Å². The number of aromatic nitrogens is 1. The van der Waals surface area contributed by atoms with Crippen LogP contribution in [0, 0.1) is 0 Å². The molecule has 1 heterocycles. The lowest BCUT2D eigenvalue weighted by molar-refractivity contribution is 0.0976. The van der Waals surface area contributed by atoms with Gasteiger partial charge in [0.25, 0.3) is 5.91 Å². The predicted octanol–water partition coefficient (Wildman–Crippen LogP) is 4.57. The summed E-state index contributed by atoms with van der Waals surface area (Å²) in [5.74, 6) is 0.987. The fraction of sp³-hybridized carbons (Fsp3) is 0.421. The fourth-order valence-corrected chi connectivity index (χ4v) is 2.60.